The Hall–Kier alpha value is -3.67. The largest absolute Gasteiger partial charge is 0.508 e. The van der Waals surface area contributed by atoms with Crippen LogP contribution in [0.2, 0.25) is 0 Å². The first-order valence-electron chi connectivity index (χ1n) is 16.6. The molecule has 0 aromatic heterocycles. The zero-order chi connectivity index (χ0) is 36.6. The number of carbonyl (C=O) groups excluding carboxylic acids is 3. The van der Waals surface area contributed by atoms with Crippen LogP contribution in [0.3, 0.4) is 0 Å². The highest BCUT2D eigenvalue weighted by atomic mass is 32.2. The van der Waals surface area contributed by atoms with E-state index in [1.807, 2.05) is 0 Å². The van der Waals surface area contributed by atoms with Crippen LogP contribution in [0.4, 0.5) is 0 Å². The Bertz CT molecular complexity index is 1370. The summed E-state index contributed by atoms with van der Waals surface area (Å²) >= 11 is 1.09. The van der Waals surface area contributed by atoms with Crippen molar-refractivity contribution < 1.29 is 59.3 Å². The fraction of sp³-hybridized carbons (Fsp3) is 0.588. The van der Waals surface area contributed by atoms with Crippen LogP contribution < -0.4 is 5.32 Å². The number of nitrogens with zero attached hydrogens (tertiary/aromatic N) is 2. The van der Waals surface area contributed by atoms with Crippen LogP contribution in [0.1, 0.15) is 61.9 Å². The maximum Gasteiger partial charge on any atom is 0.342 e. The lowest BCUT2D eigenvalue weighted by molar-refractivity contribution is -0.137. The van der Waals surface area contributed by atoms with Gasteiger partial charge in [-0.05, 0) is 57.2 Å². The van der Waals surface area contributed by atoms with Crippen molar-refractivity contribution in [2.24, 2.45) is 5.16 Å². The average molecular weight is 724 g/mol. The standard InChI is InChI=1S/C34H49N3O12S/c1-21-8-6-9-24(35-30(43)20-50-22(2)49-29(18-39)33(45)28(42)17-38)10-7-11-25(36-47-19-31(44)37-12-4-3-5-13-37)14-23-15-26(40)16-27(41)32(23)34(46)48-21/h6-7,9,11,15-16,21-22,24,28-29,33,38-42,45H,3-5,8,10,12-14,17-20H2,1-2H3,(H,35,43)/b9-6+,11-7+,36-25+/t21-,22+,24-,28?,29?,33+/m1/s1. The van der Waals surface area contributed by atoms with Gasteiger partial charge in [0.15, 0.2) is 6.61 Å². The zero-order valence-corrected chi connectivity index (χ0v) is 29.2. The van der Waals surface area contributed by atoms with Gasteiger partial charge in [0.2, 0.25) is 5.91 Å². The number of aliphatic hydroxyl groups is 4. The molecule has 1 aromatic carbocycles. The summed E-state index contributed by atoms with van der Waals surface area (Å²) in [5.41, 5.74) is -0.299. The van der Waals surface area contributed by atoms with Crippen LogP contribution in [0.15, 0.2) is 41.6 Å². The summed E-state index contributed by atoms with van der Waals surface area (Å²) < 4.78 is 11.1. The van der Waals surface area contributed by atoms with Gasteiger partial charge in [-0.25, -0.2) is 4.79 Å². The number of benzene rings is 1. The minimum absolute atomic E-state index is 0.0462. The van der Waals surface area contributed by atoms with E-state index in [9.17, 15) is 39.9 Å². The topological polar surface area (TPSA) is 228 Å². The van der Waals surface area contributed by atoms with E-state index in [4.69, 9.17) is 19.4 Å². The molecule has 0 spiro atoms. The van der Waals surface area contributed by atoms with Crippen LogP contribution in [0.25, 0.3) is 0 Å². The third-order valence-electron chi connectivity index (χ3n) is 7.99. The number of carbonyl (C=O) groups is 3. The number of nitrogens with one attached hydrogen (secondary N) is 1. The van der Waals surface area contributed by atoms with Gasteiger partial charge in [-0.1, -0.05) is 23.4 Å². The van der Waals surface area contributed by atoms with E-state index in [2.05, 4.69) is 10.5 Å². The second kappa shape index (κ2) is 20.9. The molecule has 2 amide bonds. The molecule has 7 N–H and O–H groups in total. The molecule has 2 unspecified atom stereocenters. The molecular formula is C34H49N3O12S. The lowest BCUT2D eigenvalue weighted by Gasteiger charge is -2.27. The van der Waals surface area contributed by atoms with E-state index in [0.29, 0.717) is 25.9 Å². The number of amides is 2. The number of esters is 1. The van der Waals surface area contributed by atoms with Crippen molar-refractivity contribution in [2.75, 3.05) is 38.7 Å². The minimum Gasteiger partial charge on any atom is -0.508 e. The predicted octanol–water partition coefficient (Wildman–Crippen LogP) is 1.13. The first-order valence-corrected chi connectivity index (χ1v) is 17.7. The second-order valence-electron chi connectivity index (χ2n) is 12.1. The van der Waals surface area contributed by atoms with E-state index >= 15 is 0 Å². The summed E-state index contributed by atoms with van der Waals surface area (Å²) in [7, 11) is 0. The molecule has 6 atom stereocenters. The molecule has 0 radical (unpaired) electrons. The smallest absolute Gasteiger partial charge is 0.342 e. The fourth-order valence-corrected chi connectivity index (χ4v) is 6.03. The third-order valence-corrected chi connectivity index (χ3v) is 9.00. The molecule has 2 heterocycles. The molecule has 0 aliphatic carbocycles. The Morgan fingerprint density at radius 1 is 1.10 bits per heavy atom. The van der Waals surface area contributed by atoms with Crippen molar-refractivity contribution in [1.29, 1.82) is 0 Å². The van der Waals surface area contributed by atoms with Gasteiger partial charge in [-0.15, -0.1) is 11.8 Å². The zero-order valence-electron chi connectivity index (χ0n) is 28.3. The Morgan fingerprint density at radius 3 is 2.54 bits per heavy atom. The number of phenolic OH excluding ortho intramolecular Hbond substituents is 2. The second-order valence-corrected chi connectivity index (χ2v) is 13.4. The molecule has 0 saturated carbocycles. The number of aliphatic hydroxyl groups excluding tert-OH is 4. The van der Waals surface area contributed by atoms with Gasteiger partial charge >= 0.3 is 5.97 Å². The van der Waals surface area contributed by atoms with Crippen LogP contribution >= 0.6 is 11.8 Å². The van der Waals surface area contributed by atoms with Crippen LogP contribution in [0, 0.1) is 0 Å². The maximum atomic E-state index is 13.2. The van der Waals surface area contributed by atoms with Crippen molar-refractivity contribution in [3.8, 4) is 11.5 Å². The molecule has 1 aromatic rings. The molecular weight excluding hydrogens is 674 g/mol. The van der Waals surface area contributed by atoms with Crippen molar-refractivity contribution in [2.45, 2.75) is 88.3 Å². The minimum atomic E-state index is -1.52. The van der Waals surface area contributed by atoms with Crippen LogP contribution in [-0.2, 0) is 30.3 Å². The molecule has 50 heavy (non-hydrogen) atoms. The molecule has 278 valence electrons. The summed E-state index contributed by atoms with van der Waals surface area (Å²) in [5, 5.41) is 66.2. The van der Waals surface area contributed by atoms with Crippen molar-refractivity contribution >= 4 is 35.3 Å². The Morgan fingerprint density at radius 2 is 1.84 bits per heavy atom. The van der Waals surface area contributed by atoms with Crippen molar-refractivity contribution in [3.05, 3.63) is 47.6 Å². The molecule has 0 bridgehead atoms. The average Bonchev–Trinajstić information content (AvgIpc) is 3.08. The van der Waals surface area contributed by atoms with Crippen LogP contribution in [0.5, 0.6) is 11.5 Å². The van der Waals surface area contributed by atoms with Crippen molar-refractivity contribution in [3.63, 3.8) is 0 Å². The van der Waals surface area contributed by atoms with Crippen molar-refractivity contribution in [1.82, 2.24) is 10.2 Å². The molecule has 1 fully saturated rings. The number of phenols is 2. The molecule has 16 heteroatoms. The summed E-state index contributed by atoms with van der Waals surface area (Å²) in [6.45, 7) is 2.97. The summed E-state index contributed by atoms with van der Waals surface area (Å²) in [5.74, 6) is -2.14. The summed E-state index contributed by atoms with van der Waals surface area (Å²) in [6, 6.07) is 1.86. The number of oxime groups is 1. The maximum absolute atomic E-state index is 13.2. The third kappa shape index (κ3) is 13.2. The number of allylic oxidation sites excluding steroid dienone is 1. The Balaban J connectivity index is 1.76. The molecule has 2 aliphatic heterocycles. The SMILES string of the molecule is C[C@@H]1C/C=C/[C@@H](NC(=O)CS[C@@H](C)OC(CO)[C@@H](O)C(O)CO)C/C=C/C(=N\OCC(=O)N2CCCCC2)Cc2cc(O)cc(O)c2C(=O)O1. The van der Waals surface area contributed by atoms with Gasteiger partial charge in [-0.2, -0.15) is 0 Å². The van der Waals surface area contributed by atoms with Gasteiger partial charge in [-0.3, -0.25) is 9.59 Å². The van der Waals surface area contributed by atoms with Gasteiger partial charge in [0.25, 0.3) is 5.91 Å². The van der Waals surface area contributed by atoms with E-state index < -0.39 is 60.8 Å². The molecule has 1 saturated heterocycles. The number of aromatic hydroxyl groups is 2. The molecule has 15 nitrogen and oxygen atoms in total. The highest BCUT2D eigenvalue weighted by Crippen LogP contribution is 2.29. The first-order chi connectivity index (χ1) is 23.9. The highest BCUT2D eigenvalue weighted by molar-refractivity contribution is 8.00. The molecule has 3 rings (SSSR count). The lowest BCUT2D eigenvalue weighted by Crippen LogP contribution is -2.44. The van der Waals surface area contributed by atoms with Gasteiger partial charge in [0.05, 0.1) is 30.7 Å². The number of hydrogen-bond donors (Lipinski definition) is 7. The van der Waals surface area contributed by atoms with E-state index in [1.165, 1.54) is 6.07 Å². The van der Waals surface area contributed by atoms with E-state index in [1.54, 1.807) is 43.1 Å². The Labute approximate surface area is 295 Å². The number of piperidine rings is 1. The van der Waals surface area contributed by atoms with Gasteiger partial charge in [0.1, 0.15) is 46.9 Å². The quantitative estimate of drug-likeness (QED) is 0.0657. The van der Waals surface area contributed by atoms with Gasteiger partial charge < -0.3 is 55.2 Å². The number of rotatable bonds is 13. The number of thioether (sulfide) groups is 1. The lowest BCUT2D eigenvalue weighted by atomic mass is 9.99. The highest BCUT2D eigenvalue weighted by Gasteiger charge is 2.28. The Kier molecular flexibility index (Phi) is 17.0. The fourth-order valence-electron chi connectivity index (χ4n) is 5.34. The predicted molar refractivity (Wildman–Crippen MR) is 185 cm³/mol. The molecule has 2 aliphatic rings. The first kappa shape index (κ1) is 40.8. The number of ether oxygens (including phenoxy) is 2. The van der Waals surface area contributed by atoms with E-state index in [0.717, 1.165) is 37.1 Å². The summed E-state index contributed by atoms with van der Waals surface area (Å²) in [6.07, 6.45) is 5.47. The summed E-state index contributed by atoms with van der Waals surface area (Å²) in [4.78, 5) is 45.9. The number of fused-ring (bicyclic) bond motifs is 1. The number of hydrogen-bond acceptors (Lipinski definition) is 14. The van der Waals surface area contributed by atoms with Crippen LogP contribution in [-0.4, -0.2) is 134 Å². The van der Waals surface area contributed by atoms with E-state index in [-0.39, 0.29) is 53.2 Å². The monoisotopic (exact) mass is 723 g/mol. The normalized spacial score (nSPS) is 23.4. The van der Waals surface area contributed by atoms with Gasteiger partial charge in [0, 0.05) is 32.0 Å². The number of likely N-dealkylation sites (tertiary alicyclic amines) is 1. The number of cyclic esters (lactones) is 1.